The van der Waals surface area contributed by atoms with E-state index < -0.39 is 0 Å². The third kappa shape index (κ3) is 1.70. The lowest BCUT2D eigenvalue weighted by Crippen LogP contribution is -2.10. The van der Waals surface area contributed by atoms with Gasteiger partial charge in [0.15, 0.2) is 0 Å². The molecule has 67 valence electrons. The molecule has 0 fully saturated rings. The van der Waals surface area contributed by atoms with Gasteiger partial charge in [0.1, 0.15) is 5.65 Å². The Labute approximate surface area is 77.4 Å². The van der Waals surface area contributed by atoms with Crippen molar-refractivity contribution in [3.8, 4) is 0 Å². The predicted molar refractivity (Wildman–Crippen MR) is 52.3 cm³/mol. The number of pyridine rings is 1. The van der Waals surface area contributed by atoms with E-state index in [2.05, 4.69) is 20.9 Å². The number of aromatic amines is 1. The van der Waals surface area contributed by atoms with Crippen molar-refractivity contribution < 1.29 is 0 Å². The zero-order chi connectivity index (χ0) is 9.26. The standard InChI is InChI=1S/C10H12N3/c1-13(2)7-9-6-8-4-3-5-11-10(8)12-9/h3-5H,7H2,1-2H3,(H,11,12). The topological polar surface area (TPSA) is 31.9 Å². The molecule has 0 unspecified atom stereocenters. The highest BCUT2D eigenvalue weighted by Crippen LogP contribution is 2.11. The molecule has 0 atom stereocenters. The van der Waals surface area contributed by atoms with E-state index in [1.807, 2.05) is 26.2 Å². The van der Waals surface area contributed by atoms with Crippen LogP contribution in [0.25, 0.3) is 11.0 Å². The zero-order valence-electron chi connectivity index (χ0n) is 7.83. The molecule has 2 aromatic rings. The highest BCUT2D eigenvalue weighted by molar-refractivity contribution is 5.75. The molecule has 2 heterocycles. The van der Waals surface area contributed by atoms with Gasteiger partial charge in [-0.15, -0.1) is 0 Å². The second-order valence-corrected chi connectivity index (χ2v) is 3.37. The molecule has 3 nitrogen and oxygen atoms in total. The quantitative estimate of drug-likeness (QED) is 0.746. The number of nitrogens with one attached hydrogen (secondary N) is 1. The van der Waals surface area contributed by atoms with Crippen molar-refractivity contribution in [3.63, 3.8) is 0 Å². The highest BCUT2D eigenvalue weighted by atomic mass is 15.1. The van der Waals surface area contributed by atoms with Gasteiger partial charge in [0.05, 0.1) is 0 Å². The highest BCUT2D eigenvalue weighted by Gasteiger charge is 2.01. The van der Waals surface area contributed by atoms with E-state index in [0.29, 0.717) is 0 Å². The number of hydrogen-bond donors (Lipinski definition) is 1. The van der Waals surface area contributed by atoms with Crippen LogP contribution in [0.15, 0.2) is 18.3 Å². The first-order valence-corrected chi connectivity index (χ1v) is 4.25. The molecule has 0 aromatic carbocycles. The summed E-state index contributed by atoms with van der Waals surface area (Å²) < 4.78 is 0. The fourth-order valence-corrected chi connectivity index (χ4v) is 1.34. The van der Waals surface area contributed by atoms with Crippen LogP contribution in [-0.4, -0.2) is 29.0 Å². The number of fused-ring (bicyclic) bond motifs is 1. The van der Waals surface area contributed by atoms with E-state index in [9.17, 15) is 0 Å². The molecule has 0 bridgehead atoms. The van der Waals surface area contributed by atoms with Crippen molar-refractivity contribution in [2.24, 2.45) is 0 Å². The summed E-state index contributed by atoms with van der Waals surface area (Å²) in [5, 5.41) is 1.05. The molecule has 0 saturated carbocycles. The molecule has 2 rings (SSSR count). The van der Waals surface area contributed by atoms with E-state index >= 15 is 0 Å². The Bertz CT molecular complexity index is 370. The van der Waals surface area contributed by atoms with Crippen molar-refractivity contribution >= 4 is 11.0 Å². The Hall–Kier alpha value is -1.35. The average molecular weight is 174 g/mol. The second-order valence-electron chi connectivity index (χ2n) is 3.37. The molecule has 0 aliphatic rings. The van der Waals surface area contributed by atoms with Crippen molar-refractivity contribution in [1.82, 2.24) is 14.9 Å². The van der Waals surface area contributed by atoms with E-state index in [1.165, 1.54) is 0 Å². The minimum atomic E-state index is 0.871. The largest absolute Gasteiger partial charge is 0.341 e. The van der Waals surface area contributed by atoms with E-state index in [1.54, 1.807) is 6.20 Å². The summed E-state index contributed by atoms with van der Waals surface area (Å²) in [6, 6.07) is 7.20. The lowest BCUT2D eigenvalue weighted by molar-refractivity contribution is 0.398. The Kier molecular flexibility index (Phi) is 2.02. The summed E-state index contributed by atoms with van der Waals surface area (Å²) in [5.74, 6) is 0. The number of hydrogen-bond acceptors (Lipinski definition) is 2. The van der Waals surface area contributed by atoms with Gasteiger partial charge in [-0.25, -0.2) is 4.98 Å². The van der Waals surface area contributed by atoms with Gasteiger partial charge < -0.3 is 9.88 Å². The maximum absolute atomic E-state index is 4.20. The number of rotatable bonds is 2. The van der Waals surface area contributed by atoms with Crippen LogP contribution in [0.5, 0.6) is 0 Å². The summed E-state index contributed by atoms with van der Waals surface area (Å²) in [7, 11) is 4.07. The minimum Gasteiger partial charge on any atom is -0.341 e. The van der Waals surface area contributed by atoms with Gasteiger partial charge in [-0.05, 0) is 26.2 Å². The van der Waals surface area contributed by atoms with Gasteiger partial charge in [-0.1, -0.05) is 0 Å². The normalized spacial score (nSPS) is 11.3. The Morgan fingerprint density at radius 3 is 3.08 bits per heavy atom. The van der Waals surface area contributed by atoms with E-state index in [0.717, 1.165) is 23.3 Å². The maximum Gasteiger partial charge on any atom is 0.138 e. The molecule has 13 heavy (non-hydrogen) atoms. The molecule has 0 aliphatic carbocycles. The summed E-state index contributed by atoms with van der Waals surface area (Å²) in [5.41, 5.74) is 2.00. The molecule has 2 aromatic heterocycles. The molecule has 1 N–H and O–H groups in total. The van der Waals surface area contributed by atoms with Crippen LogP contribution in [0.2, 0.25) is 0 Å². The fraction of sp³-hybridized carbons (Fsp3) is 0.300. The summed E-state index contributed by atoms with van der Waals surface area (Å²) in [4.78, 5) is 9.52. The zero-order valence-corrected chi connectivity index (χ0v) is 7.83. The SMILES string of the molecule is CN(C)Cc1[c]c2cccnc2[nH]1. The number of H-pyrrole nitrogens is 1. The molecule has 0 saturated heterocycles. The molecular formula is C10H12N3. The van der Waals surface area contributed by atoms with Crippen LogP contribution in [-0.2, 0) is 6.54 Å². The lowest BCUT2D eigenvalue weighted by atomic mass is 10.3. The first kappa shape index (κ1) is 8.26. The van der Waals surface area contributed by atoms with Crippen LogP contribution >= 0.6 is 0 Å². The van der Waals surface area contributed by atoms with Gasteiger partial charge in [0.2, 0.25) is 0 Å². The molecule has 3 heteroatoms. The predicted octanol–water partition coefficient (Wildman–Crippen LogP) is 1.42. The first-order valence-electron chi connectivity index (χ1n) is 4.25. The smallest absolute Gasteiger partial charge is 0.138 e. The Balaban J connectivity index is 2.38. The summed E-state index contributed by atoms with van der Waals surface area (Å²) in [6.45, 7) is 0.871. The molecule has 0 aliphatic heterocycles. The first-order chi connectivity index (χ1) is 6.25. The molecule has 0 spiro atoms. The third-order valence-electron chi connectivity index (χ3n) is 1.84. The number of nitrogens with zero attached hydrogens (tertiary/aromatic N) is 2. The lowest BCUT2D eigenvalue weighted by Gasteiger charge is -2.05. The van der Waals surface area contributed by atoms with Crippen LogP contribution in [0.3, 0.4) is 0 Å². The fourth-order valence-electron chi connectivity index (χ4n) is 1.34. The van der Waals surface area contributed by atoms with E-state index in [-0.39, 0.29) is 0 Å². The maximum atomic E-state index is 4.20. The summed E-state index contributed by atoms with van der Waals surface area (Å²) >= 11 is 0. The van der Waals surface area contributed by atoms with Gasteiger partial charge >= 0.3 is 0 Å². The minimum absolute atomic E-state index is 0.871. The average Bonchev–Trinajstić information content (AvgIpc) is 2.44. The van der Waals surface area contributed by atoms with Gasteiger partial charge in [0.25, 0.3) is 0 Å². The van der Waals surface area contributed by atoms with Crippen LogP contribution in [0, 0.1) is 6.07 Å². The van der Waals surface area contributed by atoms with E-state index in [4.69, 9.17) is 0 Å². The summed E-state index contributed by atoms with van der Waals surface area (Å²) in [6.07, 6.45) is 1.78. The Morgan fingerprint density at radius 1 is 1.54 bits per heavy atom. The van der Waals surface area contributed by atoms with Gasteiger partial charge in [0, 0.05) is 29.9 Å². The Morgan fingerprint density at radius 2 is 2.38 bits per heavy atom. The van der Waals surface area contributed by atoms with Crippen molar-refractivity contribution in [3.05, 3.63) is 30.1 Å². The van der Waals surface area contributed by atoms with Gasteiger partial charge in [-0.3, -0.25) is 0 Å². The monoisotopic (exact) mass is 174 g/mol. The van der Waals surface area contributed by atoms with Crippen molar-refractivity contribution in [2.45, 2.75) is 6.54 Å². The number of aromatic nitrogens is 2. The van der Waals surface area contributed by atoms with Crippen LogP contribution in [0.1, 0.15) is 5.69 Å². The third-order valence-corrected chi connectivity index (χ3v) is 1.84. The van der Waals surface area contributed by atoms with Gasteiger partial charge in [-0.2, -0.15) is 0 Å². The molecule has 0 amide bonds. The second kappa shape index (κ2) is 3.18. The van der Waals surface area contributed by atoms with Crippen molar-refractivity contribution in [1.29, 1.82) is 0 Å². The molecule has 1 radical (unpaired) electrons. The van der Waals surface area contributed by atoms with Crippen LogP contribution in [0.4, 0.5) is 0 Å². The molecular weight excluding hydrogens is 162 g/mol. The van der Waals surface area contributed by atoms with Crippen LogP contribution < -0.4 is 0 Å². The van der Waals surface area contributed by atoms with Crippen molar-refractivity contribution in [2.75, 3.05) is 14.1 Å².